The molecule has 68 valence electrons. The second-order valence-electron chi connectivity index (χ2n) is 3.07. The highest BCUT2D eigenvalue weighted by atomic mass is 19.1. The molecule has 2 nitrogen and oxygen atoms in total. The van der Waals surface area contributed by atoms with Crippen molar-refractivity contribution >= 4 is 10.9 Å². The number of para-hydroxylation sites is 1. The number of halogens is 1. The van der Waals surface area contributed by atoms with Crippen LogP contribution < -0.4 is 0 Å². The Morgan fingerprint density at radius 1 is 1.43 bits per heavy atom. The topological polar surface area (TPSA) is 36.7 Å². The van der Waals surface area contributed by atoms with Crippen molar-refractivity contribution in [3.05, 3.63) is 41.3 Å². The maximum atomic E-state index is 13.3. The third kappa shape index (κ3) is 1.21. The van der Waals surface area contributed by atoms with Gasteiger partial charge in [-0.1, -0.05) is 12.1 Å². The Hall–Kier alpha value is -1.95. The van der Waals surface area contributed by atoms with Gasteiger partial charge in [-0.05, 0) is 24.6 Å². The van der Waals surface area contributed by atoms with E-state index in [4.69, 9.17) is 5.26 Å². The van der Waals surface area contributed by atoms with E-state index < -0.39 is 0 Å². The quantitative estimate of drug-likeness (QED) is 0.634. The van der Waals surface area contributed by atoms with Gasteiger partial charge in [-0.25, -0.2) is 9.37 Å². The zero-order chi connectivity index (χ0) is 10.1. The molecule has 1 heterocycles. The molecule has 0 unspecified atom stereocenters. The van der Waals surface area contributed by atoms with E-state index in [-0.39, 0.29) is 17.0 Å². The Kier molecular flexibility index (Phi) is 1.90. The van der Waals surface area contributed by atoms with Crippen LogP contribution in [0.3, 0.4) is 0 Å². The van der Waals surface area contributed by atoms with E-state index in [1.807, 2.05) is 13.0 Å². The maximum Gasteiger partial charge on any atom is 0.149 e. The van der Waals surface area contributed by atoms with Crippen LogP contribution in [0, 0.1) is 24.1 Å². The molecule has 0 amide bonds. The minimum Gasteiger partial charge on any atom is -0.234 e. The Bertz CT molecular complexity index is 541. The molecule has 0 aliphatic heterocycles. The molecule has 0 atom stereocenters. The molecule has 0 fully saturated rings. The summed E-state index contributed by atoms with van der Waals surface area (Å²) in [5.74, 6) is -0.386. The standard InChI is InChI=1S/C11H7FN2/c1-7-5-8(6-13)14-11-9(7)3-2-4-10(11)12/h2-5H,1H3. The van der Waals surface area contributed by atoms with Gasteiger partial charge in [-0.3, -0.25) is 0 Å². The van der Waals surface area contributed by atoms with Crippen molar-refractivity contribution in [3.8, 4) is 6.07 Å². The van der Waals surface area contributed by atoms with Crippen molar-refractivity contribution < 1.29 is 4.39 Å². The Morgan fingerprint density at radius 3 is 2.93 bits per heavy atom. The van der Waals surface area contributed by atoms with Gasteiger partial charge < -0.3 is 0 Å². The predicted molar refractivity (Wildman–Crippen MR) is 51.2 cm³/mol. The third-order valence-electron chi connectivity index (χ3n) is 2.11. The van der Waals surface area contributed by atoms with Gasteiger partial charge in [0.15, 0.2) is 0 Å². The first-order valence-electron chi connectivity index (χ1n) is 4.18. The van der Waals surface area contributed by atoms with Gasteiger partial charge in [0, 0.05) is 5.39 Å². The average molecular weight is 186 g/mol. The van der Waals surface area contributed by atoms with E-state index in [2.05, 4.69) is 4.98 Å². The number of hydrogen-bond donors (Lipinski definition) is 0. The van der Waals surface area contributed by atoms with Gasteiger partial charge in [0.2, 0.25) is 0 Å². The highest BCUT2D eigenvalue weighted by Gasteiger charge is 2.05. The number of rotatable bonds is 0. The summed E-state index contributed by atoms with van der Waals surface area (Å²) < 4.78 is 13.3. The fraction of sp³-hybridized carbons (Fsp3) is 0.0909. The van der Waals surface area contributed by atoms with E-state index in [0.29, 0.717) is 0 Å². The SMILES string of the molecule is Cc1cc(C#N)nc2c(F)cccc12. The summed E-state index contributed by atoms with van der Waals surface area (Å²) in [6, 6.07) is 8.34. The van der Waals surface area contributed by atoms with Crippen molar-refractivity contribution in [3.63, 3.8) is 0 Å². The zero-order valence-electron chi connectivity index (χ0n) is 7.58. The fourth-order valence-corrected chi connectivity index (χ4v) is 1.44. The molecular weight excluding hydrogens is 179 g/mol. The highest BCUT2D eigenvalue weighted by molar-refractivity contribution is 5.83. The van der Waals surface area contributed by atoms with Crippen LogP contribution in [0.25, 0.3) is 10.9 Å². The number of aromatic nitrogens is 1. The number of pyridine rings is 1. The number of nitriles is 1. The van der Waals surface area contributed by atoms with Crippen LogP contribution in [0.4, 0.5) is 4.39 Å². The van der Waals surface area contributed by atoms with Gasteiger partial charge in [0.1, 0.15) is 23.1 Å². The lowest BCUT2D eigenvalue weighted by Gasteiger charge is -2.02. The van der Waals surface area contributed by atoms with Crippen LogP contribution in [0.2, 0.25) is 0 Å². The van der Waals surface area contributed by atoms with Crippen molar-refractivity contribution in [1.29, 1.82) is 5.26 Å². The molecule has 1 aromatic carbocycles. The minimum atomic E-state index is -0.386. The molecule has 0 spiro atoms. The molecule has 0 saturated carbocycles. The summed E-state index contributed by atoms with van der Waals surface area (Å²) in [5, 5.41) is 9.43. The van der Waals surface area contributed by atoms with Crippen LogP contribution in [0.1, 0.15) is 11.3 Å². The second kappa shape index (κ2) is 3.08. The number of aryl methyl sites for hydroxylation is 1. The number of benzene rings is 1. The van der Waals surface area contributed by atoms with E-state index in [9.17, 15) is 4.39 Å². The summed E-state index contributed by atoms with van der Waals surface area (Å²) in [6.45, 7) is 1.84. The molecular formula is C11H7FN2. The van der Waals surface area contributed by atoms with Gasteiger partial charge >= 0.3 is 0 Å². The van der Waals surface area contributed by atoms with Crippen LogP contribution in [0.5, 0.6) is 0 Å². The normalized spacial score (nSPS) is 10.1. The molecule has 0 radical (unpaired) electrons. The number of hydrogen-bond acceptors (Lipinski definition) is 2. The smallest absolute Gasteiger partial charge is 0.149 e. The average Bonchev–Trinajstić information content (AvgIpc) is 2.19. The molecule has 0 N–H and O–H groups in total. The summed E-state index contributed by atoms with van der Waals surface area (Å²) >= 11 is 0. The lowest BCUT2D eigenvalue weighted by molar-refractivity contribution is 0.636. The molecule has 14 heavy (non-hydrogen) atoms. The van der Waals surface area contributed by atoms with Gasteiger partial charge in [0.05, 0.1) is 0 Å². The lowest BCUT2D eigenvalue weighted by Crippen LogP contribution is -1.90. The molecule has 0 aliphatic carbocycles. The van der Waals surface area contributed by atoms with Crippen molar-refractivity contribution in [1.82, 2.24) is 4.98 Å². The van der Waals surface area contributed by atoms with Crippen molar-refractivity contribution in [2.24, 2.45) is 0 Å². The Labute approximate surface area is 80.6 Å². The van der Waals surface area contributed by atoms with Crippen LogP contribution in [0.15, 0.2) is 24.3 Å². The van der Waals surface area contributed by atoms with E-state index in [0.717, 1.165) is 10.9 Å². The summed E-state index contributed by atoms with van der Waals surface area (Å²) in [5.41, 5.74) is 1.38. The first-order chi connectivity index (χ1) is 6.72. The van der Waals surface area contributed by atoms with E-state index in [1.165, 1.54) is 6.07 Å². The molecule has 1 aromatic heterocycles. The van der Waals surface area contributed by atoms with Gasteiger partial charge in [-0.15, -0.1) is 0 Å². The summed E-state index contributed by atoms with van der Waals surface area (Å²) in [6.07, 6.45) is 0. The lowest BCUT2D eigenvalue weighted by atomic mass is 10.1. The van der Waals surface area contributed by atoms with Crippen LogP contribution in [-0.4, -0.2) is 4.98 Å². The number of nitrogens with zero attached hydrogens (tertiary/aromatic N) is 2. The Balaban J connectivity index is 2.92. The predicted octanol–water partition coefficient (Wildman–Crippen LogP) is 2.55. The van der Waals surface area contributed by atoms with Crippen molar-refractivity contribution in [2.75, 3.05) is 0 Å². The minimum absolute atomic E-state index is 0.250. The summed E-state index contributed by atoms with van der Waals surface area (Å²) in [7, 11) is 0. The molecule has 0 aliphatic rings. The second-order valence-corrected chi connectivity index (χ2v) is 3.07. The van der Waals surface area contributed by atoms with E-state index >= 15 is 0 Å². The van der Waals surface area contributed by atoms with Crippen molar-refractivity contribution in [2.45, 2.75) is 6.92 Å². The zero-order valence-corrected chi connectivity index (χ0v) is 7.58. The Morgan fingerprint density at radius 2 is 2.21 bits per heavy atom. The first kappa shape index (κ1) is 8.64. The molecule has 3 heteroatoms. The first-order valence-corrected chi connectivity index (χ1v) is 4.18. The third-order valence-corrected chi connectivity index (χ3v) is 2.11. The molecule has 2 rings (SSSR count). The van der Waals surface area contributed by atoms with Crippen LogP contribution in [-0.2, 0) is 0 Å². The van der Waals surface area contributed by atoms with Crippen LogP contribution >= 0.6 is 0 Å². The largest absolute Gasteiger partial charge is 0.234 e. The molecule has 2 aromatic rings. The molecule has 0 bridgehead atoms. The monoisotopic (exact) mass is 186 g/mol. The fourth-order valence-electron chi connectivity index (χ4n) is 1.44. The molecule has 0 saturated heterocycles. The van der Waals surface area contributed by atoms with Gasteiger partial charge in [-0.2, -0.15) is 5.26 Å². The summed E-state index contributed by atoms with van der Waals surface area (Å²) in [4.78, 5) is 3.92. The maximum absolute atomic E-state index is 13.3. The van der Waals surface area contributed by atoms with Gasteiger partial charge in [0.25, 0.3) is 0 Å². The van der Waals surface area contributed by atoms with E-state index in [1.54, 1.807) is 18.2 Å². The number of fused-ring (bicyclic) bond motifs is 1. The highest BCUT2D eigenvalue weighted by Crippen LogP contribution is 2.19.